The highest BCUT2D eigenvalue weighted by Gasteiger charge is 2.27. The van der Waals surface area contributed by atoms with Gasteiger partial charge in [-0.25, -0.2) is 4.39 Å². The molecule has 4 rings (SSSR count). The maximum absolute atomic E-state index is 15.6. The van der Waals surface area contributed by atoms with Crippen LogP contribution in [0, 0.1) is 5.82 Å². The SMILES string of the molecule is CC(C)(C)[S@+]([O-])NCc1nccc(-c2cc(COc3cc(CN)ccc3CC(=O)O)cc3ccoc23)c1F. The number of halogens is 1. The van der Waals surface area contributed by atoms with Crippen molar-refractivity contribution in [3.8, 4) is 16.9 Å². The Morgan fingerprint density at radius 1 is 1.18 bits per heavy atom. The van der Waals surface area contributed by atoms with E-state index in [0.717, 1.165) is 16.5 Å². The number of carboxylic acids is 1. The molecule has 4 aromatic rings. The highest BCUT2D eigenvalue weighted by atomic mass is 32.2. The molecule has 0 aliphatic rings. The van der Waals surface area contributed by atoms with Crippen molar-refractivity contribution in [1.29, 1.82) is 0 Å². The molecule has 8 nitrogen and oxygen atoms in total. The smallest absolute Gasteiger partial charge is 0.307 e. The van der Waals surface area contributed by atoms with Gasteiger partial charge in [0.25, 0.3) is 0 Å². The number of nitrogens with two attached hydrogens (primary N) is 1. The minimum Gasteiger partial charge on any atom is -0.598 e. The molecule has 0 spiro atoms. The second-order valence-electron chi connectivity index (χ2n) is 9.81. The lowest BCUT2D eigenvalue weighted by atomic mass is 10.00. The van der Waals surface area contributed by atoms with Gasteiger partial charge in [-0.3, -0.25) is 9.78 Å². The molecule has 0 amide bonds. The van der Waals surface area contributed by atoms with E-state index in [1.165, 1.54) is 12.5 Å². The Morgan fingerprint density at radius 2 is 1.97 bits per heavy atom. The number of pyridine rings is 1. The minimum absolute atomic E-state index is 0.00249. The van der Waals surface area contributed by atoms with Crippen LogP contribution in [0.5, 0.6) is 5.75 Å². The molecule has 0 saturated heterocycles. The van der Waals surface area contributed by atoms with Crippen LogP contribution < -0.4 is 15.2 Å². The van der Waals surface area contributed by atoms with Gasteiger partial charge in [0, 0.05) is 46.2 Å². The van der Waals surface area contributed by atoms with Crippen LogP contribution in [-0.2, 0) is 42.3 Å². The Labute approximate surface area is 223 Å². The molecular weight excluding hydrogens is 509 g/mol. The van der Waals surface area contributed by atoms with Crippen LogP contribution in [0.1, 0.15) is 43.2 Å². The molecule has 2 heterocycles. The number of aliphatic carboxylic acids is 1. The van der Waals surface area contributed by atoms with E-state index in [1.54, 1.807) is 36.4 Å². The molecule has 0 radical (unpaired) electrons. The van der Waals surface area contributed by atoms with Gasteiger partial charge in [-0.2, -0.15) is 0 Å². The molecule has 10 heteroatoms. The lowest BCUT2D eigenvalue weighted by molar-refractivity contribution is -0.136. The van der Waals surface area contributed by atoms with Gasteiger partial charge >= 0.3 is 5.97 Å². The van der Waals surface area contributed by atoms with Crippen molar-refractivity contribution in [2.24, 2.45) is 5.73 Å². The zero-order chi connectivity index (χ0) is 27.4. The standard InChI is InChI=1S/C28H30FN3O5S/c1-28(2,3)38(35)32-15-23-26(29)21(6-8-31-23)22-11-18(10-20-7-9-36-27(20)22)16-37-24-12-17(14-30)4-5-19(24)13-25(33)34/h4-12,32H,13-16,30H2,1-3H3,(H,33,34)/t38-/m0/s1. The van der Waals surface area contributed by atoms with E-state index in [2.05, 4.69) is 9.71 Å². The molecule has 0 fully saturated rings. The van der Waals surface area contributed by atoms with E-state index in [1.807, 2.05) is 26.8 Å². The number of aromatic nitrogens is 1. The molecule has 200 valence electrons. The lowest BCUT2D eigenvalue weighted by Crippen LogP contribution is -2.39. The van der Waals surface area contributed by atoms with Crippen molar-refractivity contribution in [2.45, 2.75) is 51.6 Å². The first-order valence-electron chi connectivity index (χ1n) is 12.0. The van der Waals surface area contributed by atoms with Gasteiger partial charge in [0.1, 0.15) is 22.7 Å². The summed E-state index contributed by atoms with van der Waals surface area (Å²) in [5.41, 5.74) is 9.28. The van der Waals surface area contributed by atoms with E-state index < -0.39 is 27.9 Å². The van der Waals surface area contributed by atoms with Crippen molar-refractivity contribution in [1.82, 2.24) is 9.71 Å². The first kappa shape index (κ1) is 27.6. The van der Waals surface area contributed by atoms with Crippen molar-refractivity contribution >= 4 is 28.3 Å². The summed E-state index contributed by atoms with van der Waals surface area (Å²) in [5, 5.41) is 10.0. The van der Waals surface area contributed by atoms with Crippen molar-refractivity contribution in [3.05, 3.63) is 83.1 Å². The fourth-order valence-corrected chi connectivity index (χ4v) is 4.63. The van der Waals surface area contributed by atoms with E-state index in [9.17, 15) is 14.5 Å². The number of carboxylic acid groups (broad SMARTS) is 1. The molecular formula is C28H30FN3O5S. The Balaban J connectivity index is 1.65. The maximum atomic E-state index is 15.6. The second kappa shape index (κ2) is 11.5. The first-order chi connectivity index (χ1) is 18.1. The van der Waals surface area contributed by atoms with Gasteiger partial charge < -0.3 is 24.5 Å². The van der Waals surface area contributed by atoms with Crippen molar-refractivity contribution in [3.63, 3.8) is 0 Å². The van der Waals surface area contributed by atoms with Crippen LogP contribution in [0.2, 0.25) is 0 Å². The summed E-state index contributed by atoms with van der Waals surface area (Å²) < 4.78 is 42.1. The second-order valence-corrected chi connectivity index (χ2v) is 11.9. The largest absolute Gasteiger partial charge is 0.598 e. The number of rotatable bonds is 10. The van der Waals surface area contributed by atoms with Crippen molar-refractivity contribution < 1.29 is 28.0 Å². The first-order valence-corrected chi connectivity index (χ1v) is 13.2. The fourth-order valence-electron chi connectivity index (χ4n) is 3.93. The molecule has 2 aromatic carbocycles. The zero-order valence-corrected chi connectivity index (χ0v) is 22.2. The third kappa shape index (κ3) is 6.33. The summed E-state index contributed by atoms with van der Waals surface area (Å²) >= 11 is -1.38. The van der Waals surface area contributed by atoms with E-state index in [4.69, 9.17) is 14.9 Å². The summed E-state index contributed by atoms with van der Waals surface area (Å²) in [6, 6.07) is 12.2. The molecule has 0 aliphatic heterocycles. The molecule has 0 unspecified atom stereocenters. The third-order valence-corrected chi connectivity index (χ3v) is 7.41. The normalized spacial score (nSPS) is 12.6. The van der Waals surface area contributed by atoms with E-state index >= 15 is 4.39 Å². The molecule has 2 aromatic heterocycles. The number of hydrogen-bond donors (Lipinski definition) is 3. The molecule has 1 atom stereocenters. The Bertz CT molecular complexity index is 1450. The maximum Gasteiger partial charge on any atom is 0.307 e. The summed E-state index contributed by atoms with van der Waals surface area (Å²) in [7, 11) is 0. The Morgan fingerprint density at radius 3 is 2.68 bits per heavy atom. The molecule has 0 bridgehead atoms. The molecule has 38 heavy (non-hydrogen) atoms. The average Bonchev–Trinajstić information content (AvgIpc) is 3.35. The number of ether oxygens (including phenoxy) is 1. The number of fused-ring (bicyclic) bond motifs is 1. The Kier molecular flexibility index (Phi) is 8.37. The minimum atomic E-state index is -1.38. The van der Waals surface area contributed by atoms with Crippen LogP contribution in [0.25, 0.3) is 22.1 Å². The van der Waals surface area contributed by atoms with Gasteiger partial charge in [-0.05, 0) is 62.2 Å². The van der Waals surface area contributed by atoms with Crippen LogP contribution in [0.15, 0.2) is 59.3 Å². The van der Waals surface area contributed by atoms with Crippen LogP contribution in [0.4, 0.5) is 4.39 Å². The number of benzene rings is 2. The van der Waals surface area contributed by atoms with Gasteiger partial charge in [-0.15, -0.1) is 4.72 Å². The van der Waals surface area contributed by atoms with E-state index in [0.29, 0.717) is 22.5 Å². The number of nitrogens with zero attached hydrogens (tertiary/aromatic N) is 1. The highest BCUT2D eigenvalue weighted by Crippen LogP contribution is 2.34. The number of nitrogens with one attached hydrogen (secondary N) is 1. The van der Waals surface area contributed by atoms with Crippen LogP contribution in [-0.4, -0.2) is 25.4 Å². The van der Waals surface area contributed by atoms with Gasteiger partial charge in [0.2, 0.25) is 0 Å². The van der Waals surface area contributed by atoms with Gasteiger partial charge in [0.05, 0.1) is 24.9 Å². The Hall–Kier alpha value is -3.44. The topological polar surface area (TPSA) is 134 Å². The highest BCUT2D eigenvalue weighted by molar-refractivity contribution is 7.90. The monoisotopic (exact) mass is 539 g/mol. The summed E-state index contributed by atoms with van der Waals surface area (Å²) in [5.74, 6) is -1.08. The molecule has 0 saturated carbocycles. The average molecular weight is 540 g/mol. The third-order valence-electron chi connectivity index (χ3n) is 5.89. The molecule has 0 aliphatic carbocycles. The summed E-state index contributed by atoms with van der Waals surface area (Å²) in [6.45, 7) is 5.88. The number of carbonyl (C=O) groups is 1. The summed E-state index contributed by atoms with van der Waals surface area (Å²) in [6.07, 6.45) is 2.84. The van der Waals surface area contributed by atoms with Gasteiger partial charge in [0.15, 0.2) is 5.82 Å². The quantitative estimate of drug-likeness (QED) is 0.244. The summed E-state index contributed by atoms with van der Waals surface area (Å²) in [4.78, 5) is 15.5. The predicted molar refractivity (Wildman–Crippen MR) is 144 cm³/mol. The van der Waals surface area contributed by atoms with E-state index in [-0.39, 0.29) is 37.4 Å². The zero-order valence-electron chi connectivity index (χ0n) is 21.4. The fraction of sp³-hybridized carbons (Fsp3) is 0.286. The number of furan rings is 1. The van der Waals surface area contributed by atoms with Crippen LogP contribution >= 0.6 is 0 Å². The predicted octanol–water partition coefficient (Wildman–Crippen LogP) is 4.85. The van der Waals surface area contributed by atoms with Gasteiger partial charge in [-0.1, -0.05) is 12.1 Å². The van der Waals surface area contributed by atoms with Crippen LogP contribution in [0.3, 0.4) is 0 Å². The number of hydrogen-bond acceptors (Lipinski definition) is 7. The lowest BCUT2D eigenvalue weighted by Gasteiger charge is -2.23. The van der Waals surface area contributed by atoms with Crippen molar-refractivity contribution in [2.75, 3.05) is 0 Å². The molecule has 4 N–H and O–H groups in total.